The number of aromatic amines is 1. The second-order valence-corrected chi connectivity index (χ2v) is 6.13. The van der Waals surface area contributed by atoms with Gasteiger partial charge in [-0.1, -0.05) is 24.3 Å². The molecule has 0 spiro atoms. The molecule has 136 valence electrons. The van der Waals surface area contributed by atoms with E-state index in [-0.39, 0.29) is 29.9 Å². The number of carbonyl (C=O) groups excluding carboxylic acids is 1. The Hall–Kier alpha value is -3.68. The standard InChI is InChI=1S/C19H15N3O5/c1-26-14-7-5-11(6-8-14)15-10-16(23)27-19-17(15)18(20-21-19)12-3-2-4-13(9-12)22(24)25/h2-9,15H,10H2,1H3,(H,20,21)/t15-/m0/s1. The van der Waals surface area contributed by atoms with E-state index < -0.39 is 4.92 Å². The highest BCUT2D eigenvalue weighted by Crippen LogP contribution is 2.43. The van der Waals surface area contributed by atoms with Crippen molar-refractivity contribution in [2.45, 2.75) is 12.3 Å². The lowest BCUT2D eigenvalue weighted by Gasteiger charge is -2.22. The van der Waals surface area contributed by atoms with Crippen molar-refractivity contribution >= 4 is 11.7 Å². The van der Waals surface area contributed by atoms with Crippen LogP contribution in [0.3, 0.4) is 0 Å². The summed E-state index contributed by atoms with van der Waals surface area (Å²) < 4.78 is 10.5. The summed E-state index contributed by atoms with van der Waals surface area (Å²) in [5.41, 5.74) is 2.79. The molecular weight excluding hydrogens is 350 g/mol. The summed E-state index contributed by atoms with van der Waals surface area (Å²) in [6.45, 7) is 0. The molecule has 0 fully saturated rings. The number of benzene rings is 2. The molecule has 1 aliphatic rings. The summed E-state index contributed by atoms with van der Waals surface area (Å²) in [6, 6.07) is 13.7. The zero-order chi connectivity index (χ0) is 19.0. The number of hydrogen-bond donors (Lipinski definition) is 1. The van der Waals surface area contributed by atoms with Crippen molar-refractivity contribution in [2.75, 3.05) is 7.11 Å². The maximum absolute atomic E-state index is 12.0. The van der Waals surface area contributed by atoms with Crippen molar-refractivity contribution in [3.8, 4) is 22.9 Å². The number of ether oxygens (including phenoxy) is 2. The average molecular weight is 365 g/mol. The minimum atomic E-state index is -0.451. The van der Waals surface area contributed by atoms with E-state index >= 15 is 0 Å². The van der Waals surface area contributed by atoms with Gasteiger partial charge in [-0.25, -0.2) is 0 Å². The molecule has 8 heteroatoms. The third-order valence-corrected chi connectivity index (χ3v) is 4.56. The van der Waals surface area contributed by atoms with E-state index in [0.29, 0.717) is 22.6 Å². The van der Waals surface area contributed by atoms with Gasteiger partial charge < -0.3 is 9.47 Å². The molecule has 0 unspecified atom stereocenters. The third kappa shape index (κ3) is 3.01. The molecule has 3 aromatic rings. The van der Waals surface area contributed by atoms with Crippen LogP contribution < -0.4 is 9.47 Å². The topological polar surface area (TPSA) is 107 Å². The molecule has 8 nitrogen and oxygen atoms in total. The van der Waals surface area contributed by atoms with Gasteiger partial charge in [0.2, 0.25) is 5.88 Å². The fourth-order valence-electron chi connectivity index (χ4n) is 3.27. The second kappa shape index (κ2) is 6.56. The molecular formula is C19H15N3O5. The summed E-state index contributed by atoms with van der Waals surface area (Å²) in [4.78, 5) is 22.7. The molecule has 27 heavy (non-hydrogen) atoms. The van der Waals surface area contributed by atoms with Gasteiger partial charge in [0, 0.05) is 23.6 Å². The van der Waals surface area contributed by atoms with E-state index in [9.17, 15) is 14.9 Å². The zero-order valence-electron chi connectivity index (χ0n) is 14.3. The van der Waals surface area contributed by atoms with Gasteiger partial charge in [0.15, 0.2) is 0 Å². The fourth-order valence-corrected chi connectivity index (χ4v) is 3.27. The number of fused-ring (bicyclic) bond motifs is 1. The molecule has 0 amide bonds. The normalized spacial score (nSPS) is 15.7. The van der Waals surface area contributed by atoms with Gasteiger partial charge in [-0.05, 0) is 17.7 Å². The van der Waals surface area contributed by atoms with Gasteiger partial charge in [-0.2, -0.15) is 0 Å². The summed E-state index contributed by atoms with van der Waals surface area (Å²) in [6.07, 6.45) is 0.154. The highest BCUT2D eigenvalue weighted by molar-refractivity contribution is 5.80. The minimum absolute atomic E-state index is 0.0235. The number of rotatable bonds is 4. The van der Waals surface area contributed by atoms with Crippen LogP contribution in [0.4, 0.5) is 5.69 Å². The Labute approximate surface area is 153 Å². The molecule has 0 saturated carbocycles. The van der Waals surface area contributed by atoms with Crippen molar-refractivity contribution in [3.05, 3.63) is 69.8 Å². The number of esters is 1. The van der Waals surface area contributed by atoms with Crippen molar-refractivity contribution < 1.29 is 19.2 Å². The van der Waals surface area contributed by atoms with E-state index in [1.807, 2.05) is 24.3 Å². The lowest BCUT2D eigenvalue weighted by Crippen LogP contribution is -2.20. The number of carbonyl (C=O) groups is 1. The molecule has 0 bridgehead atoms. The number of non-ortho nitro benzene ring substituents is 1. The Kier molecular flexibility index (Phi) is 4.08. The van der Waals surface area contributed by atoms with Crippen LogP contribution in [0.25, 0.3) is 11.3 Å². The molecule has 0 radical (unpaired) electrons. The number of nitro benzene ring substituents is 1. The molecule has 1 aromatic heterocycles. The van der Waals surface area contributed by atoms with Gasteiger partial charge in [-0.15, -0.1) is 5.10 Å². The summed E-state index contributed by atoms with van der Waals surface area (Å²) in [7, 11) is 1.58. The molecule has 2 heterocycles. The first-order chi connectivity index (χ1) is 13.1. The highest BCUT2D eigenvalue weighted by Gasteiger charge is 2.34. The molecule has 2 aromatic carbocycles. The van der Waals surface area contributed by atoms with Crippen molar-refractivity contribution in [2.24, 2.45) is 0 Å². The number of aromatic nitrogens is 2. The summed E-state index contributed by atoms with van der Waals surface area (Å²) in [5, 5.41) is 18.1. The predicted molar refractivity (Wildman–Crippen MR) is 95.8 cm³/mol. The van der Waals surface area contributed by atoms with Crippen LogP contribution in [-0.4, -0.2) is 28.2 Å². The Morgan fingerprint density at radius 1 is 1.26 bits per heavy atom. The first kappa shape index (κ1) is 16.8. The van der Waals surface area contributed by atoms with Gasteiger partial charge in [-0.3, -0.25) is 20.0 Å². The average Bonchev–Trinajstić information content (AvgIpc) is 3.11. The molecule has 1 aliphatic heterocycles. The lowest BCUT2D eigenvalue weighted by atomic mass is 9.85. The molecule has 4 rings (SSSR count). The van der Waals surface area contributed by atoms with Crippen LogP contribution in [0.2, 0.25) is 0 Å². The van der Waals surface area contributed by atoms with Crippen LogP contribution in [0, 0.1) is 10.1 Å². The molecule has 0 aliphatic carbocycles. The first-order valence-corrected chi connectivity index (χ1v) is 8.24. The maximum atomic E-state index is 12.0. The Balaban J connectivity index is 1.83. The van der Waals surface area contributed by atoms with Gasteiger partial charge in [0.25, 0.3) is 5.69 Å². The first-order valence-electron chi connectivity index (χ1n) is 8.24. The van der Waals surface area contributed by atoms with Crippen molar-refractivity contribution in [1.29, 1.82) is 0 Å². The molecule has 1 atom stereocenters. The summed E-state index contributed by atoms with van der Waals surface area (Å²) in [5.74, 6) is 0.262. The second-order valence-electron chi connectivity index (χ2n) is 6.13. The number of hydrogen-bond acceptors (Lipinski definition) is 6. The maximum Gasteiger partial charge on any atom is 0.313 e. The van der Waals surface area contributed by atoms with Crippen molar-refractivity contribution in [1.82, 2.24) is 10.2 Å². The third-order valence-electron chi connectivity index (χ3n) is 4.56. The minimum Gasteiger partial charge on any atom is -0.497 e. The van der Waals surface area contributed by atoms with Crippen LogP contribution in [-0.2, 0) is 4.79 Å². The van der Waals surface area contributed by atoms with Gasteiger partial charge in [0.1, 0.15) is 5.75 Å². The van der Waals surface area contributed by atoms with E-state index in [1.54, 1.807) is 19.2 Å². The van der Waals surface area contributed by atoms with E-state index in [1.165, 1.54) is 12.1 Å². The monoisotopic (exact) mass is 365 g/mol. The number of nitrogens with zero attached hydrogens (tertiary/aromatic N) is 2. The van der Waals surface area contributed by atoms with E-state index in [2.05, 4.69) is 10.2 Å². The fraction of sp³-hybridized carbons (Fsp3) is 0.158. The smallest absolute Gasteiger partial charge is 0.313 e. The van der Waals surface area contributed by atoms with Crippen LogP contribution in [0.1, 0.15) is 23.5 Å². The largest absolute Gasteiger partial charge is 0.497 e. The molecule has 1 N–H and O–H groups in total. The molecule has 0 saturated heterocycles. The van der Waals surface area contributed by atoms with Crippen LogP contribution in [0.15, 0.2) is 48.5 Å². The zero-order valence-corrected chi connectivity index (χ0v) is 14.3. The van der Waals surface area contributed by atoms with E-state index in [4.69, 9.17) is 9.47 Å². The van der Waals surface area contributed by atoms with Gasteiger partial charge in [0.05, 0.1) is 29.7 Å². The number of H-pyrrole nitrogens is 1. The van der Waals surface area contributed by atoms with E-state index in [0.717, 1.165) is 5.56 Å². The lowest BCUT2D eigenvalue weighted by molar-refractivity contribution is -0.384. The SMILES string of the molecule is COc1ccc([C@@H]2CC(=O)Oc3n[nH]c(-c4cccc([N+](=O)[O-])c4)c32)cc1. The number of nitrogens with one attached hydrogen (secondary N) is 1. The highest BCUT2D eigenvalue weighted by atomic mass is 16.6. The number of nitro groups is 1. The number of methoxy groups -OCH3 is 1. The van der Waals surface area contributed by atoms with Gasteiger partial charge >= 0.3 is 5.97 Å². The Morgan fingerprint density at radius 3 is 2.74 bits per heavy atom. The summed E-state index contributed by atoms with van der Waals surface area (Å²) >= 11 is 0. The van der Waals surface area contributed by atoms with Crippen LogP contribution >= 0.6 is 0 Å². The Morgan fingerprint density at radius 2 is 2.04 bits per heavy atom. The van der Waals surface area contributed by atoms with Crippen LogP contribution in [0.5, 0.6) is 11.6 Å². The van der Waals surface area contributed by atoms with Crippen molar-refractivity contribution in [3.63, 3.8) is 0 Å². The predicted octanol–water partition coefficient (Wildman–Crippen LogP) is 3.43. The quantitative estimate of drug-likeness (QED) is 0.431. The Bertz CT molecular complexity index is 1030.